The number of rotatable bonds is 8. The van der Waals surface area contributed by atoms with Crippen LogP contribution < -0.4 is 5.73 Å². The third kappa shape index (κ3) is 4.47. The third-order valence-electron chi connectivity index (χ3n) is 3.20. The highest BCUT2D eigenvalue weighted by atomic mass is 16.5. The van der Waals surface area contributed by atoms with Crippen LogP contribution in [0, 0.1) is 0 Å². The summed E-state index contributed by atoms with van der Waals surface area (Å²) < 4.78 is 15.8. The minimum atomic E-state index is -0.284. The van der Waals surface area contributed by atoms with E-state index >= 15 is 0 Å². The van der Waals surface area contributed by atoms with Crippen molar-refractivity contribution in [2.24, 2.45) is 5.73 Å². The van der Waals surface area contributed by atoms with Crippen molar-refractivity contribution in [2.45, 2.75) is 25.6 Å². The first kappa shape index (κ1) is 15.3. The van der Waals surface area contributed by atoms with Crippen LogP contribution in [0.4, 0.5) is 0 Å². The second-order valence-corrected chi connectivity index (χ2v) is 4.71. The normalized spacial score (nSPS) is 12.3. The summed E-state index contributed by atoms with van der Waals surface area (Å²) in [4.78, 5) is 14.1. The Bertz CT molecular complexity index is 482. The third-order valence-corrected chi connectivity index (χ3v) is 3.20. The highest BCUT2D eigenvalue weighted by molar-refractivity contribution is 5.76. The molecule has 21 heavy (non-hydrogen) atoms. The molecule has 2 aromatic rings. The number of methoxy groups -OCH3 is 1. The fourth-order valence-electron chi connectivity index (χ4n) is 2.00. The van der Waals surface area contributed by atoms with Crippen molar-refractivity contribution in [2.75, 3.05) is 13.7 Å². The molecule has 0 aliphatic rings. The lowest BCUT2D eigenvalue weighted by molar-refractivity contribution is -0.135. The van der Waals surface area contributed by atoms with Crippen LogP contribution in [-0.2, 0) is 22.6 Å². The largest absolute Gasteiger partial charge is 0.467 e. The first-order valence-electron chi connectivity index (χ1n) is 6.78. The number of hydrogen-bond donors (Lipinski definition) is 1. The van der Waals surface area contributed by atoms with Crippen molar-refractivity contribution in [1.29, 1.82) is 0 Å². The maximum atomic E-state index is 12.4. The summed E-state index contributed by atoms with van der Waals surface area (Å²) in [6.07, 6.45) is 3.12. The van der Waals surface area contributed by atoms with E-state index in [0.717, 1.165) is 11.5 Å². The fourth-order valence-corrected chi connectivity index (χ4v) is 2.00. The molecule has 2 rings (SSSR count). The Morgan fingerprint density at radius 1 is 1.24 bits per heavy atom. The molecule has 1 amide bonds. The molecule has 6 heteroatoms. The number of nitrogens with zero attached hydrogens (tertiary/aromatic N) is 1. The van der Waals surface area contributed by atoms with Crippen molar-refractivity contribution < 1.29 is 18.4 Å². The Balaban J connectivity index is 2.05. The van der Waals surface area contributed by atoms with Gasteiger partial charge in [0.2, 0.25) is 5.91 Å². The molecule has 0 fully saturated rings. The molecule has 0 aromatic carbocycles. The highest BCUT2D eigenvalue weighted by Crippen LogP contribution is 2.13. The Kier molecular flexibility index (Phi) is 5.59. The molecule has 2 heterocycles. The summed E-state index contributed by atoms with van der Waals surface area (Å²) >= 11 is 0. The van der Waals surface area contributed by atoms with Crippen molar-refractivity contribution in [3.63, 3.8) is 0 Å². The molecule has 0 aliphatic carbocycles. The first-order valence-corrected chi connectivity index (χ1v) is 6.78. The van der Waals surface area contributed by atoms with Gasteiger partial charge in [-0.3, -0.25) is 4.79 Å². The van der Waals surface area contributed by atoms with E-state index in [4.69, 9.17) is 19.3 Å². The smallest absolute Gasteiger partial charge is 0.226 e. The maximum Gasteiger partial charge on any atom is 0.226 e. The Hall–Kier alpha value is -2.05. The molecule has 2 aromatic heterocycles. The fraction of sp³-hybridized carbons (Fsp3) is 0.400. The van der Waals surface area contributed by atoms with Crippen molar-refractivity contribution in [3.8, 4) is 0 Å². The van der Waals surface area contributed by atoms with Gasteiger partial charge in [0.1, 0.15) is 11.5 Å². The predicted molar refractivity (Wildman–Crippen MR) is 76.1 cm³/mol. The summed E-state index contributed by atoms with van der Waals surface area (Å²) in [5.74, 6) is 1.38. The number of hydrogen-bond acceptors (Lipinski definition) is 5. The first-order chi connectivity index (χ1) is 10.2. The second kappa shape index (κ2) is 7.66. The van der Waals surface area contributed by atoms with Gasteiger partial charge in [-0.25, -0.2) is 0 Å². The van der Waals surface area contributed by atoms with Crippen molar-refractivity contribution >= 4 is 5.91 Å². The van der Waals surface area contributed by atoms with E-state index in [9.17, 15) is 4.79 Å². The van der Waals surface area contributed by atoms with Crippen molar-refractivity contribution in [1.82, 2.24) is 4.90 Å². The molecule has 0 aliphatic heterocycles. The van der Waals surface area contributed by atoms with E-state index in [1.165, 1.54) is 0 Å². The lowest BCUT2D eigenvalue weighted by Gasteiger charge is -2.23. The van der Waals surface area contributed by atoms with Crippen LogP contribution in [0.1, 0.15) is 17.9 Å². The van der Waals surface area contributed by atoms with Gasteiger partial charge in [0.15, 0.2) is 0 Å². The van der Waals surface area contributed by atoms with E-state index in [1.807, 2.05) is 12.1 Å². The van der Waals surface area contributed by atoms with Gasteiger partial charge in [0.25, 0.3) is 0 Å². The summed E-state index contributed by atoms with van der Waals surface area (Å²) in [5.41, 5.74) is 5.57. The Morgan fingerprint density at radius 2 is 1.81 bits per heavy atom. The zero-order chi connectivity index (χ0) is 15.1. The highest BCUT2D eigenvalue weighted by Gasteiger charge is 2.20. The minimum Gasteiger partial charge on any atom is -0.467 e. The Morgan fingerprint density at radius 3 is 2.19 bits per heavy atom. The average Bonchev–Trinajstić information content (AvgIpc) is 3.17. The van der Waals surface area contributed by atoms with Crippen LogP contribution in [0.3, 0.4) is 0 Å². The average molecular weight is 292 g/mol. The molecule has 2 N–H and O–H groups in total. The minimum absolute atomic E-state index is 0.0555. The van der Waals surface area contributed by atoms with E-state index in [-0.39, 0.29) is 18.4 Å². The standard InChI is InChI=1S/C15H20N2O4/c1-19-14(9-16)8-15(18)17(10-12-4-2-6-20-12)11-13-5-3-7-21-13/h2-7,14H,8-11,16H2,1H3. The number of ether oxygens (including phenoxy) is 1. The molecular formula is C15H20N2O4. The summed E-state index contributed by atoms with van der Waals surface area (Å²) in [6, 6.07) is 7.25. The van der Waals surface area contributed by atoms with Crippen LogP contribution in [0.25, 0.3) is 0 Å². The predicted octanol–water partition coefficient (Wildman–Crippen LogP) is 1.77. The topological polar surface area (TPSA) is 81.8 Å². The number of nitrogens with two attached hydrogens (primary N) is 1. The molecule has 114 valence electrons. The monoisotopic (exact) mass is 292 g/mol. The van der Waals surface area contributed by atoms with Gasteiger partial charge in [-0.05, 0) is 24.3 Å². The molecule has 0 spiro atoms. The quantitative estimate of drug-likeness (QED) is 0.801. The molecule has 0 radical (unpaired) electrons. The number of carbonyl (C=O) groups excluding carboxylic acids is 1. The lowest BCUT2D eigenvalue weighted by atomic mass is 10.2. The molecular weight excluding hydrogens is 272 g/mol. The molecule has 6 nitrogen and oxygen atoms in total. The molecule has 1 unspecified atom stereocenters. The van der Waals surface area contributed by atoms with Gasteiger partial charge in [-0.1, -0.05) is 0 Å². The molecule has 0 bridgehead atoms. The van der Waals surface area contributed by atoms with Gasteiger partial charge in [-0.15, -0.1) is 0 Å². The molecule has 0 saturated heterocycles. The van der Waals surface area contributed by atoms with Crippen molar-refractivity contribution in [3.05, 3.63) is 48.3 Å². The second-order valence-electron chi connectivity index (χ2n) is 4.71. The lowest BCUT2D eigenvalue weighted by Crippen LogP contribution is -2.35. The van der Waals surface area contributed by atoms with Crippen LogP contribution >= 0.6 is 0 Å². The number of furan rings is 2. The van der Waals surface area contributed by atoms with Gasteiger partial charge in [0, 0.05) is 13.7 Å². The summed E-state index contributed by atoms with van der Waals surface area (Å²) in [6.45, 7) is 1.07. The van der Waals surface area contributed by atoms with Gasteiger partial charge in [-0.2, -0.15) is 0 Å². The van der Waals surface area contributed by atoms with Gasteiger partial charge < -0.3 is 24.2 Å². The van der Waals surface area contributed by atoms with E-state index in [1.54, 1.807) is 36.7 Å². The van der Waals surface area contributed by atoms with E-state index in [0.29, 0.717) is 19.6 Å². The SMILES string of the molecule is COC(CN)CC(=O)N(Cc1ccco1)Cc1ccco1. The number of amides is 1. The van der Waals surface area contributed by atoms with Crippen LogP contribution in [-0.4, -0.2) is 30.6 Å². The van der Waals surface area contributed by atoms with Gasteiger partial charge in [0.05, 0.1) is 38.1 Å². The van der Waals surface area contributed by atoms with E-state index < -0.39 is 0 Å². The zero-order valence-corrected chi connectivity index (χ0v) is 12.0. The molecule has 0 saturated carbocycles. The maximum absolute atomic E-state index is 12.4. The van der Waals surface area contributed by atoms with E-state index in [2.05, 4.69) is 0 Å². The van der Waals surface area contributed by atoms with Crippen LogP contribution in [0.5, 0.6) is 0 Å². The van der Waals surface area contributed by atoms with Crippen LogP contribution in [0.15, 0.2) is 45.6 Å². The molecule has 1 atom stereocenters. The summed E-state index contributed by atoms with van der Waals surface area (Å²) in [7, 11) is 1.55. The Labute approximate surface area is 123 Å². The van der Waals surface area contributed by atoms with Crippen LogP contribution in [0.2, 0.25) is 0 Å². The number of carbonyl (C=O) groups is 1. The van der Waals surface area contributed by atoms with Gasteiger partial charge >= 0.3 is 0 Å². The summed E-state index contributed by atoms with van der Waals surface area (Å²) in [5, 5.41) is 0. The zero-order valence-electron chi connectivity index (χ0n) is 12.0.